The molecule has 1 aromatic heterocycles. The molecular formula is C11H20N2O3S2. The van der Waals surface area contributed by atoms with Gasteiger partial charge in [0.05, 0.1) is 6.61 Å². The van der Waals surface area contributed by atoms with E-state index in [1.54, 1.807) is 5.38 Å². The van der Waals surface area contributed by atoms with Crippen molar-refractivity contribution >= 4 is 27.0 Å². The average molecular weight is 292 g/mol. The van der Waals surface area contributed by atoms with Crippen molar-refractivity contribution in [3.05, 3.63) is 11.4 Å². The Morgan fingerprint density at radius 3 is 2.44 bits per heavy atom. The quantitative estimate of drug-likeness (QED) is 0.797. The molecule has 0 aliphatic rings. The second-order valence-electron chi connectivity index (χ2n) is 4.01. The number of nitrogen functional groups attached to an aromatic ring is 1. The van der Waals surface area contributed by atoms with Gasteiger partial charge in [0.1, 0.15) is 4.21 Å². The van der Waals surface area contributed by atoms with Gasteiger partial charge in [-0.15, -0.1) is 11.3 Å². The van der Waals surface area contributed by atoms with Crippen LogP contribution in [0.4, 0.5) is 5.69 Å². The highest BCUT2D eigenvalue weighted by Crippen LogP contribution is 2.27. The molecule has 0 spiro atoms. The van der Waals surface area contributed by atoms with Crippen molar-refractivity contribution < 1.29 is 13.5 Å². The molecule has 7 heteroatoms. The second-order valence-corrected chi connectivity index (χ2v) is 7.04. The minimum Gasteiger partial charge on any atom is -0.398 e. The summed E-state index contributed by atoms with van der Waals surface area (Å²) in [6, 6.07) is 1.37. The number of sulfonamides is 1. The maximum Gasteiger partial charge on any atom is 0.252 e. The first-order valence-electron chi connectivity index (χ1n) is 5.94. The van der Waals surface area contributed by atoms with Gasteiger partial charge in [0.15, 0.2) is 0 Å². The van der Waals surface area contributed by atoms with Crippen LogP contribution in [0, 0.1) is 0 Å². The summed E-state index contributed by atoms with van der Waals surface area (Å²) in [7, 11) is -3.55. The lowest BCUT2D eigenvalue weighted by Crippen LogP contribution is -2.41. The zero-order chi connectivity index (χ0) is 13.8. The van der Waals surface area contributed by atoms with Gasteiger partial charge in [-0.05, 0) is 18.9 Å². The van der Waals surface area contributed by atoms with Gasteiger partial charge in [-0.25, -0.2) is 8.42 Å². The van der Waals surface area contributed by atoms with Crippen LogP contribution in [0.15, 0.2) is 15.7 Å². The van der Waals surface area contributed by atoms with E-state index < -0.39 is 10.0 Å². The Morgan fingerprint density at radius 1 is 1.44 bits per heavy atom. The lowest BCUT2D eigenvalue weighted by atomic mass is 10.2. The summed E-state index contributed by atoms with van der Waals surface area (Å²) < 4.78 is 26.5. The highest BCUT2D eigenvalue weighted by molar-refractivity contribution is 7.91. The van der Waals surface area contributed by atoms with Crippen LogP contribution in [-0.4, -0.2) is 37.0 Å². The van der Waals surface area contributed by atoms with Crippen molar-refractivity contribution in [3.8, 4) is 0 Å². The van der Waals surface area contributed by atoms with Crippen molar-refractivity contribution in [3.63, 3.8) is 0 Å². The third kappa shape index (κ3) is 3.23. The normalized spacial score (nSPS) is 12.5. The zero-order valence-corrected chi connectivity index (χ0v) is 12.3. The Hall–Kier alpha value is -0.630. The third-order valence-electron chi connectivity index (χ3n) is 2.83. The SMILES string of the molecule is CCC(CC)N(CCO)S(=O)(=O)c1cc(N)cs1. The molecule has 0 radical (unpaired) electrons. The van der Waals surface area contributed by atoms with Crippen LogP contribution in [-0.2, 0) is 10.0 Å². The summed E-state index contributed by atoms with van der Waals surface area (Å²) in [4.78, 5) is 0. The van der Waals surface area contributed by atoms with E-state index >= 15 is 0 Å². The van der Waals surface area contributed by atoms with Crippen LogP contribution in [0.25, 0.3) is 0 Å². The third-order valence-corrected chi connectivity index (χ3v) is 6.21. The molecule has 0 aliphatic heterocycles. The summed E-state index contributed by atoms with van der Waals surface area (Å²) in [6.07, 6.45) is 1.44. The van der Waals surface area contributed by atoms with Gasteiger partial charge in [0, 0.05) is 23.7 Å². The second kappa shape index (κ2) is 6.51. The molecule has 0 fully saturated rings. The van der Waals surface area contributed by atoms with Gasteiger partial charge in [-0.3, -0.25) is 0 Å². The lowest BCUT2D eigenvalue weighted by Gasteiger charge is -2.28. The molecule has 0 bridgehead atoms. The van der Waals surface area contributed by atoms with E-state index in [4.69, 9.17) is 10.8 Å². The number of anilines is 1. The van der Waals surface area contributed by atoms with Crippen LogP contribution in [0.2, 0.25) is 0 Å². The lowest BCUT2D eigenvalue weighted by molar-refractivity contribution is 0.220. The standard InChI is InChI=1S/C11H20N2O3S2/c1-3-10(4-2)13(5-6-14)18(15,16)11-7-9(12)8-17-11/h7-8,10,14H,3-6,12H2,1-2H3. The van der Waals surface area contributed by atoms with Crippen molar-refractivity contribution in [2.24, 2.45) is 0 Å². The van der Waals surface area contributed by atoms with Crippen LogP contribution < -0.4 is 5.73 Å². The molecule has 0 saturated heterocycles. The summed E-state index contributed by atoms with van der Waals surface area (Å²) in [6.45, 7) is 3.82. The topological polar surface area (TPSA) is 83.6 Å². The predicted octanol–water partition coefficient (Wildman–Crippen LogP) is 1.50. The van der Waals surface area contributed by atoms with E-state index in [1.807, 2.05) is 13.8 Å². The number of aliphatic hydroxyl groups excluding tert-OH is 1. The first-order chi connectivity index (χ1) is 8.47. The molecule has 0 atom stereocenters. The van der Waals surface area contributed by atoms with E-state index in [1.165, 1.54) is 10.4 Å². The van der Waals surface area contributed by atoms with Crippen LogP contribution in [0.5, 0.6) is 0 Å². The number of nitrogens with zero attached hydrogens (tertiary/aromatic N) is 1. The molecule has 0 unspecified atom stereocenters. The summed E-state index contributed by atoms with van der Waals surface area (Å²) in [5.41, 5.74) is 6.02. The molecule has 1 rings (SSSR count). The Kier molecular flexibility index (Phi) is 5.58. The Bertz CT molecular complexity index is 466. The van der Waals surface area contributed by atoms with Gasteiger partial charge < -0.3 is 10.8 Å². The predicted molar refractivity (Wildman–Crippen MR) is 74.1 cm³/mol. The van der Waals surface area contributed by atoms with E-state index in [9.17, 15) is 8.42 Å². The summed E-state index contributed by atoms with van der Waals surface area (Å²) in [5.74, 6) is 0. The van der Waals surface area contributed by atoms with Crippen molar-refractivity contribution in [1.29, 1.82) is 0 Å². The van der Waals surface area contributed by atoms with Gasteiger partial charge in [-0.2, -0.15) is 4.31 Å². The Labute approximate surface area is 112 Å². The fourth-order valence-electron chi connectivity index (χ4n) is 1.87. The van der Waals surface area contributed by atoms with Crippen molar-refractivity contribution in [1.82, 2.24) is 4.31 Å². The molecule has 1 heterocycles. The Morgan fingerprint density at radius 2 is 2.06 bits per heavy atom. The number of thiophene rings is 1. The zero-order valence-electron chi connectivity index (χ0n) is 10.7. The van der Waals surface area contributed by atoms with Crippen molar-refractivity contribution in [2.45, 2.75) is 36.9 Å². The smallest absolute Gasteiger partial charge is 0.252 e. The summed E-state index contributed by atoms with van der Waals surface area (Å²) in [5, 5.41) is 10.7. The molecule has 0 aliphatic carbocycles. The van der Waals surface area contributed by atoms with E-state index in [0.717, 1.165) is 24.2 Å². The van der Waals surface area contributed by atoms with Crippen LogP contribution in [0.3, 0.4) is 0 Å². The van der Waals surface area contributed by atoms with Gasteiger partial charge >= 0.3 is 0 Å². The highest BCUT2D eigenvalue weighted by atomic mass is 32.2. The molecule has 18 heavy (non-hydrogen) atoms. The van der Waals surface area contributed by atoms with Crippen LogP contribution in [0.1, 0.15) is 26.7 Å². The first-order valence-corrected chi connectivity index (χ1v) is 8.26. The van der Waals surface area contributed by atoms with Gasteiger partial charge in [-0.1, -0.05) is 13.8 Å². The maximum atomic E-state index is 12.5. The van der Waals surface area contributed by atoms with E-state index in [-0.39, 0.29) is 23.4 Å². The summed E-state index contributed by atoms with van der Waals surface area (Å²) >= 11 is 1.11. The minimum absolute atomic E-state index is 0.0922. The molecule has 104 valence electrons. The Balaban J connectivity index is 3.11. The van der Waals surface area contributed by atoms with E-state index in [2.05, 4.69) is 0 Å². The largest absolute Gasteiger partial charge is 0.398 e. The fraction of sp³-hybridized carbons (Fsp3) is 0.636. The van der Waals surface area contributed by atoms with Gasteiger partial charge in [0.25, 0.3) is 10.0 Å². The number of hydrogen-bond donors (Lipinski definition) is 2. The molecular weight excluding hydrogens is 272 g/mol. The number of aliphatic hydroxyl groups is 1. The molecule has 1 aromatic rings. The average Bonchev–Trinajstić information content (AvgIpc) is 2.77. The monoisotopic (exact) mass is 292 g/mol. The number of nitrogens with two attached hydrogens (primary N) is 1. The minimum atomic E-state index is -3.55. The first kappa shape index (κ1) is 15.4. The fourth-order valence-corrected chi connectivity index (χ4v) is 4.85. The molecule has 0 saturated carbocycles. The molecule has 5 nitrogen and oxygen atoms in total. The number of rotatable bonds is 7. The maximum absolute atomic E-state index is 12.5. The molecule has 0 aromatic carbocycles. The van der Waals surface area contributed by atoms with Crippen molar-refractivity contribution in [2.75, 3.05) is 18.9 Å². The van der Waals surface area contributed by atoms with Crippen LogP contribution >= 0.6 is 11.3 Å². The molecule has 0 amide bonds. The number of hydrogen-bond acceptors (Lipinski definition) is 5. The molecule has 3 N–H and O–H groups in total. The van der Waals surface area contributed by atoms with Gasteiger partial charge in [0.2, 0.25) is 0 Å². The van der Waals surface area contributed by atoms with E-state index in [0.29, 0.717) is 5.69 Å². The highest BCUT2D eigenvalue weighted by Gasteiger charge is 2.30.